The van der Waals surface area contributed by atoms with Crippen molar-refractivity contribution in [1.82, 2.24) is 20.3 Å². The summed E-state index contributed by atoms with van der Waals surface area (Å²) in [5, 5.41) is 7.23. The third-order valence-electron chi connectivity index (χ3n) is 5.55. The van der Waals surface area contributed by atoms with E-state index < -0.39 is 6.61 Å². The third kappa shape index (κ3) is 5.89. The van der Waals surface area contributed by atoms with Gasteiger partial charge in [0.1, 0.15) is 5.75 Å². The smallest absolute Gasteiger partial charge is 0.387 e. The molecule has 0 aliphatic carbocycles. The van der Waals surface area contributed by atoms with Crippen molar-refractivity contribution in [2.45, 2.75) is 18.3 Å². The van der Waals surface area contributed by atoms with E-state index in [1.165, 1.54) is 23.9 Å². The number of anilines is 1. The molecule has 0 radical (unpaired) electrons. The van der Waals surface area contributed by atoms with Gasteiger partial charge in [-0.15, -0.1) is 0 Å². The van der Waals surface area contributed by atoms with Crippen LogP contribution in [0.4, 0.5) is 14.5 Å². The molecule has 5 aromatic rings. The Morgan fingerprint density at radius 3 is 2.68 bits per heavy atom. The summed E-state index contributed by atoms with van der Waals surface area (Å²) < 4.78 is 29.2. The number of hydrogen-bond donors (Lipinski definition) is 4. The highest BCUT2D eigenvalue weighted by atomic mass is 32.2. The second-order valence-electron chi connectivity index (χ2n) is 8.05. The number of H-pyrrole nitrogens is 2. The van der Waals surface area contributed by atoms with Crippen LogP contribution in [-0.2, 0) is 11.3 Å². The summed E-state index contributed by atoms with van der Waals surface area (Å²) in [5.74, 6) is -0.375. The lowest BCUT2D eigenvalue weighted by Crippen LogP contribution is -2.23. The van der Waals surface area contributed by atoms with E-state index in [1.54, 1.807) is 30.3 Å². The summed E-state index contributed by atoms with van der Waals surface area (Å²) in [6.07, 6.45) is 1.86. The van der Waals surface area contributed by atoms with Gasteiger partial charge in [-0.25, -0.2) is 4.98 Å². The van der Waals surface area contributed by atoms with Gasteiger partial charge in [0.15, 0.2) is 5.16 Å². The number of amides is 2. The lowest BCUT2D eigenvalue weighted by Gasteiger charge is -2.08. The van der Waals surface area contributed by atoms with Crippen LogP contribution < -0.4 is 15.4 Å². The van der Waals surface area contributed by atoms with E-state index >= 15 is 0 Å². The highest BCUT2D eigenvalue weighted by Gasteiger charge is 2.11. The first-order valence-corrected chi connectivity index (χ1v) is 12.2. The molecule has 0 fully saturated rings. The standard InChI is InChI=1S/C26H21F2N5O3S/c27-25(28)36-18-8-9-21-22(12-18)33-26(32-21)37-14-23(34)31-17-6-4-15(5-7-17)24(35)30-13-16-2-1-3-20-19(16)10-11-29-20/h1-12,25,29H,13-14H2,(H,30,35)(H,31,34)(H,32,33). The van der Waals surface area contributed by atoms with Gasteiger partial charge in [0.2, 0.25) is 5.91 Å². The van der Waals surface area contributed by atoms with E-state index in [-0.39, 0.29) is 23.3 Å². The molecule has 0 aliphatic rings. The zero-order valence-electron chi connectivity index (χ0n) is 19.3. The Labute approximate surface area is 213 Å². The van der Waals surface area contributed by atoms with Gasteiger partial charge >= 0.3 is 6.61 Å². The monoisotopic (exact) mass is 521 g/mol. The molecule has 2 amide bonds. The van der Waals surface area contributed by atoms with Gasteiger partial charge in [0.05, 0.1) is 16.8 Å². The summed E-state index contributed by atoms with van der Waals surface area (Å²) in [6, 6.07) is 18.9. The number of nitrogens with one attached hydrogen (secondary N) is 4. The van der Waals surface area contributed by atoms with E-state index in [2.05, 4.69) is 30.3 Å². The van der Waals surface area contributed by atoms with E-state index in [0.29, 0.717) is 34.0 Å². The molecule has 188 valence electrons. The van der Waals surface area contributed by atoms with E-state index in [9.17, 15) is 18.4 Å². The van der Waals surface area contributed by atoms with Crippen molar-refractivity contribution >= 4 is 51.2 Å². The molecule has 0 bridgehead atoms. The number of aromatic nitrogens is 3. The molecule has 0 aliphatic heterocycles. The Morgan fingerprint density at radius 2 is 1.86 bits per heavy atom. The molecule has 0 unspecified atom stereocenters. The van der Waals surface area contributed by atoms with Crippen molar-refractivity contribution in [3.8, 4) is 5.75 Å². The number of carbonyl (C=O) groups excluding carboxylic acids is 2. The quantitative estimate of drug-likeness (QED) is 0.197. The van der Waals surface area contributed by atoms with Crippen LogP contribution in [0, 0.1) is 0 Å². The first-order valence-electron chi connectivity index (χ1n) is 11.2. The van der Waals surface area contributed by atoms with Crippen LogP contribution in [0.15, 0.2) is 78.1 Å². The first kappa shape index (κ1) is 24.3. The van der Waals surface area contributed by atoms with Gasteiger partial charge in [0, 0.05) is 41.0 Å². The van der Waals surface area contributed by atoms with Gasteiger partial charge < -0.3 is 25.3 Å². The zero-order valence-corrected chi connectivity index (χ0v) is 20.1. The molecule has 8 nitrogen and oxygen atoms in total. The lowest BCUT2D eigenvalue weighted by molar-refractivity contribution is -0.113. The topological polar surface area (TPSA) is 112 Å². The zero-order chi connectivity index (χ0) is 25.8. The Kier molecular flexibility index (Phi) is 7.04. The highest BCUT2D eigenvalue weighted by molar-refractivity contribution is 7.99. The fourth-order valence-corrected chi connectivity index (χ4v) is 4.51. The van der Waals surface area contributed by atoms with Gasteiger partial charge in [-0.1, -0.05) is 23.9 Å². The summed E-state index contributed by atoms with van der Waals surface area (Å²) in [7, 11) is 0. The van der Waals surface area contributed by atoms with Gasteiger partial charge in [-0.05, 0) is 54.1 Å². The Bertz CT molecular complexity index is 1570. The second kappa shape index (κ2) is 10.7. The second-order valence-corrected chi connectivity index (χ2v) is 9.02. The van der Waals surface area contributed by atoms with Gasteiger partial charge in [0.25, 0.3) is 5.91 Å². The number of thioether (sulfide) groups is 1. The van der Waals surface area contributed by atoms with Crippen molar-refractivity contribution in [2.24, 2.45) is 0 Å². The maximum atomic E-state index is 12.6. The minimum absolute atomic E-state index is 0.0237. The molecule has 0 spiro atoms. The lowest BCUT2D eigenvalue weighted by atomic mass is 10.1. The third-order valence-corrected chi connectivity index (χ3v) is 6.43. The molecule has 37 heavy (non-hydrogen) atoms. The number of imidazole rings is 1. The average Bonchev–Trinajstić information content (AvgIpc) is 3.53. The predicted molar refractivity (Wildman–Crippen MR) is 138 cm³/mol. The Balaban J connectivity index is 1.12. The summed E-state index contributed by atoms with van der Waals surface area (Å²) in [5.41, 5.74) is 4.16. The van der Waals surface area contributed by atoms with Crippen molar-refractivity contribution < 1.29 is 23.1 Å². The van der Waals surface area contributed by atoms with Crippen LogP contribution in [0.3, 0.4) is 0 Å². The molecule has 3 aromatic carbocycles. The molecule has 2 heterocycles. The number of fused-ring (bicyclic) bond motifs is 2. The minimum atomic E-state index is -2.91. The van der Waals surface area contributed by atoms with Crippen molar-refractivity contribution in [3.05, 3.63) is 84.1 Å². The normalized spacial score (nSPS) is 11.2. The van der Waals surface area contributed by atoms with Crippen molar-refractivity contribution in [1.29, 1.82) is 0 Å². The molecule has 0 atom stereocenters. The van der Waals surface area contributed by atoms with Crippen molar-refractivity contribution in [3.63, 3.8) is 0 Å². The maximum absolute atomic E-state index is 12.6. The molecule has 11 heteroatoms. The Hall–Kier alpha value is -4.38. The Morgan fingerprint density at radius 1 is 1.03 bits per heavy atom. The number of benzene rings is 3. The molecular weight excluding hydrogens is 500 g/mol. The molecule has 2 aromatic heterocycles. The van der Waals surface area contributed by atoms with Crippen LogP contribution in [0.1, 0.15) is 15.9 Å². The molecule has 4 N–H and O–H groups in total. The molecule has 5 rings (SSSR count). The number of halogens is 2. The van der Waals surface area contributed by atoms with E-state index in [4.69, 9.17) is 0 Å². The van der Waals surface area contributed by atoms with Crippen LogP contribution in [0.2, 0.25) is 0 Å². The van der Waals surface area contributed by atoms with Crippen LogP contribution >= 0.6 is 11.8 Å². The number of rotatable bonds is 9. The number of alkyl halides is 2. The number of nitrogens with zero attached hydrogens (tertiary/aromatic N) is 1. The minimum Gasteiger partial charge on any atom is -0.435 e. The van der Waals surface area contributed by atoms with Gasteiger partial charge in [-0.2, -0.15) is 8.78 Å². The van der Waals surface area contributed by atoms with Crippen LogP contribution in [0.5, 0.6) is 5.75 Å². The molecular formula is C26H21F2N5O3S. The number of ether oxygens (including phenoxy) is 1. The summed E-state index contributed by atoms with van der Waals surface area (Å²) in [6.45, 7) is -2.52. The van der Waals surface area contributed by atoms with E-state index in [0.717, 1.165) is 16.5 Å². The largest absolute Gasteiger partial charge is 0.435 e. The first-order chi connectivity index (χ1) is 17.9. The molecule has 0 saturated carbocycles. The fourth-order valence-electron chi connectivity index (χ4n) is 3.83. The van der Waals surface area contributed by atoms with Crippen LogP contribution in [0.25, 0.3) is 21.9 Å². The summed E-state index contributed by atoms with van der Waals surface area (Å²) >= 11 is 1.17. The fraction of sp³-hybridized carbons (Fsp3) is 0.115. The number of aromatic amines is 2. The van der Waals surface area contributed by atoms with Gasteiger partial charge in [-0.3, -0.25) is 9.59 Å². The summed E-state index contributed by atoms with van der Waals surface area (Å²) in [4.78, 5) is 35.4. The molecule has 0 saturated heterocycles. The van der Waals surface area contributed by atoms with Crippen molar-refractivity contribution in [2.75, 3.05) is 11.1 Å². The average molecular weight is 522 g/mol. The SMILES string of the molecule is O=C(CSc1nc2ccc(OC(F)F)cc2[nH]1)Nc1ccc(C(=O)NCc2cccc3[nH]ccc23)cc1. The maximum Gasteiger partial charge on any atom is 0.387 e. The highest BCUT2D eigenvalue weighted by Crippen LogP contribution is 2.24. The predicted octanol–water partition coefficient (Wildman–Crippen LogP) is 5.31. The van der Waals surface area contributed by atoms with E-state index in [1.807, 2.05) is 30.5 Å². The number of hydrogen-bond acceptors (Lipinski definition) is 5. The number of carbonyl (C=O) groups is 2. The van der Waals surface area contributed by atoms with Crippen LogP contribution in [-0.4, -0.2) is 39.1 Å².